The van der Waals surface area contributed by atoms with Gasteiger partial charge in [-0.25, -0.2) is 0 Å². The van der Waals surface area contributed by atoms with Crippen molar-refractivity contribution in [2.75, 3.05) is 26.2 Å². The molecule has 0 aliphatic rings. The zero-order valence-corrected chi connectivity index (χ0v) is 13.0. The van der Waals surface area contributed by atoms with Gasteiger partial charge in [0, 0.05) is 19.8 Å². The number of nitrogens with one attached hydrogen (secondary N) is 2. The van der Waals surface area contributed by atoms with Crippen molar-refractivity contribution in [2.24, 2.45) is 7.05 Å². The average molecular weight is 283 g/mol. The maximum Gasteiger partial charge on any atom is 0.166 e. The minimum Gasteiger partial charge on any atom is -0.363 e. The van der Waals surface area contributed by atoms with Crippen LogP contribution in [0.15, 0.2) is 12.3 Å². The molecule has 0 unspecified atom stereocenters. The van der Waals surface area contributed by atoms with Crippen LogP contribution >= 0.6 is 12.2 Å². The summed E-state index contributed by atoms with van der Waals surface area (Å²) in [6.45, 7) is 9.29. The molecule has 0 saturated carbocycles. The van der Waals surface area contributed by atoms with Gasteiger partial charge in [0.1, 0.15) is 0 Å². The topological polar surface area (TPSA) is 45.1 Å². The highest BCUT2D eigenvalue weighted by molar-refractivity contribution is 7.80. The highest BCUT2D eigenvalue weighted by Gasteiger charge is 2.00. The van der Waals surface area contributed by atoms with Gasteiger partial charge in [0.2, 0.25) is 0 Å². The predicted molar refractivity (Wildman–Crippen MR) is 83.1 cm³/mol. The third-order valence-electron chi connectivity index (χ3n) is 3.03. The molecule has 1 aromatic rings. The highest BCUT2D eigenvalue weighted by atomic mass is 32.1. The average Bonchev–Trinajstić information content (AvgIpc) is 2.82. The first-order chi connectivity index (χ1) is 9.15. The zero-order valence-electron chi connectivity index (χ0n) is 12.1. The van der Waals surface area contributed by atoms with E-state index >= 15 is 0 Å². The van der Waals surface area contributed by atoms with E-state index in [0.29, 0.717) is 11.7 Å². The Morgan fingerprint density at radius 2 is 2.11 bits per heavy atom. The maximum absolute atomic E-state index is 5.23. The molecule has 6 heteroatoms. The summed E-state index contributed by atoms with van der Waals surface area (Å²) < 4.78 is 1.79. The van der Waals surface area contributed by atoms with Gasteiger partial charge in [0.25, 0.3) is 0 Å². The van der Waals surface area contributed by atoms with Gasteiger partial charge in [-0.15, -0.1) is 0 Å². The molecule has 19 heavy (non-hydrogen) atoms. The number of thiocarbonyl (C=S) groups is 1. The van der Waals surface area contributed by atoms with Crippen LogP contribution in [0.4, 0.5) is 0 Å². The molecular formula is C13H25N5S. The molecule has 1 aromatic heterocycles. The molecule has 1 heterocycles. The number of hydrogen-bond donors (Lipinski definition) is 2. The third kappa shape index (κ3) is 6.54. The van der Waals surface area contributed by atoms with Gasteiger partial charge in [0.15, 0.2) is 5.11 Å². The molecule has 2 N–H and O–H groups in total. The first kappa shape index (κ1) is 15.9. The summed E-state index contributed by atoms with van der Waals surface area (Å²) in [6.07, 6.45) is 3.03. The van der Waals surface area contributed by atoms with Gasteiger partial charge >= 0.3 is 0 Å². The summed E-state index contributed by atoms with van der Waals surface area (Å²) >= 11 is 5.23. The summed E-state index contributed by atoms with van der Waals surface area (Å²) in [5, 5.41) is 11.4. The molecule has 0 bridgehead atoms. The number of aryl methyl sites for hydroxylation is 1. The van der Waals surface area contributed by atoms with E-state index < -0.39 is 0 Å². The predicted octanol–water partition coefficient (Wildman–Crippen LogP) is 1.12. The van der Waals surface area contributed by atoms with Gasteiger partial charge in [-0.05, 0) is 44.3 Å². The minimum atomic E-state index is 0.669. The van der Waals surface area contributed by atoms with Crippen LogP contribution in [0.25, 0.3) is 0 Å². The molecule has 1 rings (SSSR count). The third-order valence-corrected chi connectivity index (χ3v) is 3.32. The Labute approximate surface area is 121 Å². The largest absolute Gasteiger partial charge is 0.363 e. The van der Waals surface area contributed by atoms with Gasteiger partial charge < -0.3 is 15.5 Å². The maximum atomic E-state index is 5.23. The van der Waals surface area contributed by atoms with E-state index in [1.165, 1.54) is 0 Å². The Balaban J connectivity index is 2.08. The van der Waals surface area contributed by atoms with E-state index in [2.05, 4.69) is 34.5 Å². The first-order valence-corrected chi connectivity index (χ1v) is 7.29. The lowest BCUT2D eigenvalue weighted by Crippen LogP contribution is -2.36. The van der Waals surface area contributed by atoms with E-state index in [1.807, 2.05) is 19.3 Å². The number of hydrogen-bond acceptors (Lipinski definition) is 3. The van der Waals surface area contributed by atoms with Crippen LogP contribution in [0.5, 0.6) is 0 Å². The van der Waals surface area contributed by atoms with E-state index in [4.69, 9.17) is 12.2 Å². The normalized spacial score (nSPS) is 10.7. The van der Waals surface area contributed by atoms with Crippen molar-refractivity contribution >= 4 is 17.3 Å². The van der Waals surface area contributed by atoms with Crippen LogP contribution in [-0.4, -0.2) is 46.0 Å². The minimum absolute atomic E-state index is 0.669. The summed E-state index contributed by atoms with van der Waals surface area (Å²) in [5.41, 5.74) is 0.995. The molecule has 0 saturated heterocycles. The SMILES string of the molecule is CCN(CC)CCCNC(=S)NCc1ccn(C)n1. The summed E-state index contributed by atoms with van der Waals surface area (Å²) in [4.78, 5) is 2.41. The van der Waals surface area contributed by atoms with Gasteiger partial charge in [-0.2, -0.15) is 5.10 Å². The van der Waals surface area contributed by atoms with Crippen molar-refractivity contribution in [2.45, 2.75) is 26.8 Å². The molecule has 0 spiro atoms. The quantitative estimate of drug-likeness (QED) is 0.553. The summed E-state index contributed by atoms with van der Waals surface area (Å²) in [5.74, 6) is 0. The fourth-order valence-electron chi connectivity index (χ4n) is 1.84. The van der Waals surface area contributed by atoms with Gasteiger partial charge in [-0.1, -0.05) is 13.8 Å². The second-order valence-electron chi connectivity index (χ2n) is 4.47. The van der Waals surface area contributed by atoms with Crippen molar-refractivity contribution in [1.29, 1.82) is 0 Å². The van der Waals surface area contributed by atoms with Crippen LogP contribution in [0.1, 0.15) is 26.0 Å². The van der Waals surface area contributed by atoms with E-state index in [0.717, 1.165) is 38.3 Å². The van der Waals surface area contributed by atoms with Gasteiger partial charge in [0.05, 0.1) is 12.2 Å². The van der Waals surface area contributed by atoms with Crippen molar-refractivity contribution in [3.8, 4) is 0 Å². The summed E-state index contributed by atoms with van der Waals surface area (Å²) in [6, 6.07) is 1.98. The molecule has 0 aliphatic carbocycles. The second kappa shape index (κ2) is 8.87. The molecule has 108 valence electrons. The molecular weight excluding hydrogens is 258 g/mol. The molecule has 0 atom stereocenters. The molecule has 0 aromatic carbocycles. The van der Waals surface area contributed by atoms with Crippen LogP contribution in [-0.2, 0) is 13.6 Å². The fraction of sp³-hybridized carbons (Fsp3) is 0.692. The Kier molecular flexibility index (Phi) is 7.43. The fourth-order valence-corrected chi connectivity index (χ4v) is 2.01. The monoisotopic (exact) mass is 283 g/mol. The Morgan fingerprint density at radius 3 is 2.68 bits per heavy atom. The van der Waals surface area contributed by atoms with Crippen molar-refractivity contribution < 1.29 is 0 Å². The lowest BCUT2D eigenvalue weighted by Gasteiger charge is -2.18. The first-order valence-electron chi connectivity index (χ1n) is 6.88. The van der Waals surface area contributed by atoms with Crippen LogP contribution in [0, 0.1) is 0 Å². The van der Waals surface area contributed by atoms with Crippen molar-refractivity contribution in [1.82, 2.24) is 25.3 Å². The van der Waals surface area contributed by atoms with Crippen LogP contribution < -0.4 is 10.6 Å². The van der Waals surface area contributed by atoms with E-state index in [1.54, 1.807) is 4.68 Å². The molecule has 0 amide bonds. The Morgan fingerprint density at radius 1 is 1.37 bits per heavy atom. The number of nitrogens with zero attached hydrogens (tertiary/aromatic N) is 3. The smallest absolute Gasteiger partial charge is 0.166 e. The van der Waals surface area contributed by atoms with Crippen molar-refractivity contribution in [3.05, 3.63) is 18.0 Å². The van der Waals surface area contributed by atoms with Crippen molar-refractivity contribution in [3.63, 3.8) is 0 Å². The molecule has 5 nitrogen and oxygen atoms in total. The molecule has 0 aliphatic heterocycles. The van der Waals surface area contributed by atoms with Crippen LogP contribution in [0.2, 0.25) is 0 Å². The number of aromatic nitrogens is 2. The number of rotatable bonds is 8. The zero-order chi connectivity index (χ0) is 14.1. The lowest BCUT2D eigenvalue weighted by molar-refractivity contribution is 0.300. The molecule has 0 fully saturated rings. The lowest BCUT2D eigenvalue weighted by atomic mass is 10.3. The Hall–Kier alpha value is -1.14. The molecule has 0 radical (unpaired) electrons. The van der Waals surface area contributed by atoms with Crippen LogP contribution in [0.3, 0.4) is 0 Å². The summed E-state index contributed by atoms with van der Waals surface area (Å²) in [7, 11) is 1.91. The Bertz CT molecular complexity index is 373. The second-order valence-corrected chi connectivity index (χ2v) is 4.88. The highest BCUT2D eigenvalue weighted by Crippen LogP contribution is 1.93. The van der Waals surface area contributed by atoms with E-state index in [-0.39, 0.29) is 0 Å². The standard InChI is InChI=1S/C13H25N5S/c1-4-18(5-2)9-6-8-14-13(19)15-11-12-7-10-17(3)16-12/h7,10H,4-6,8-9,11H2,1-3H3,(H2,14,15,19). The van der Waals surface area contributed by atoms with E-state index in [9.17, 15) is 0 Å². The van der Waals surface area contributed by atoms with Gasteiger partial charge in [-0.3, -0.25) is 4.68 Å².